The number of halogens is 1. The third kappa shape index (κ3) is 4.18. The van der Waals surface area contributed by atoms with E-state index in [9.17, 15) is 4.79 Å². The van der Waals surface area contributed by atoms with Crippen LogP contribution in [0.25, 0.3) is 11.0 Å². The molecule has 0 aliphatic carbocycles. The van der Waals surface area contributed by atoms with E-state index < -0.39 is 0 Å². The first-order valence-electron chi connectivity index (χ1n) is 9.08. The van der Waals surface area contributed by atoms with E-state index in [1.807, 2.05) is 26.0 Å². The van der Waals surface area contributed by atoms with Gasteiger partial charge in [-0.25, -0.2) is 4.79 Å². The monoisotopic (exact) mass is 366 g/mol. The van der Waals surface area contributed by atoms with E-state index in [1.165, 1.54) is 0 Å². The summed E-state index contributed by atoms with van der Waals surface area (Å²) in [5.74, 6) is 0.563. The Morgan fingerprint density at radius 1 is 1.20 bits per heavy atom. The van der Waals surface area contributed by atoms with Crippen LogP contribution in [-0.2, 0) is 6.42 Å². The van der Waals surface area contributed by atoms with Crippen LogP contribution < -0.4 is 10.4 Å². The second kappa shape index (κ2) is 8.24. The van der Waals surface area contributed by atoms with Crippen molar-refractivity contribution < 1.29 is 13.6 Å². The van der Waals surface area contributed by atoms with Crippen molar-refractivity contribution in [3.63, 3.8) is 0 Å². The Hall–Kier alpha value is -1.52. The molecule has 0 saturated carbocycles. The minimum Gasteiger partial charge on any atom is -0.492 e. The van der Waals surface area contributed by atoms with Crippen molar-refractivity contribution in [3.8, 4) is 5.75 Å². The van der Waals surface area contributed by atoms with Crippen LogP contribution >= 0.6 is 11.6 Å². The number of ether oxygens (including phenoxy) is 1. The first-order valence-corrected chi connectivity index (χ1v) is 9.45. The SMILES string of the molecule is CCCOc1ccc2c(C)c(CC[N+](C)(CC)CC)c(=O)oc2c1Cl. The van der Waals surface area contributed by atoms with Crippen LogP contribution in [0.15, 0.2) is 21.3 Å². The van der Waals surface area contributed by atoms with Gasteiger partial charge >= 0.3 is 5.63 Å². The smallest absolute Gasteiger partial charge is 0.339 e. The topological polar surface area (TPSA) is 39.4 Å². The fourth-order valence-corrected chi connectivity index (χ4v) is 3.20. The van der Waals surface area contributed by atoms with Crippen molar-refractivity contribution in [1.29, 1.82) is 0 Å². The minimum atomic E-state index is -0.293. The summed E-state index contributed by atoms with van der Waals surface area (Å²) in [6.45, 7) is 11.9. The second-order valence-electron chi connectivity index (χ2n) is 6.82. The van der Waals surface area contributed by atoms with Gasteiger partial charge in [0, 0.05) is 17.4 Å². The summed E-state index contributed by atoms with van der Waals surface area (Å²) in [6.07, 6.45) is 1.59. The number of rotatable bonds is 8. The molecule has 0 aliphatic heterocycles. The maximum atomic E-state index is 12.6. The van der Waals surface area contributed by atoms with E-state index in [0.29, 0.717) is 29.4 Å². The summed E-state index contributed by atoms with van der Waals surface area (Å²) < 4.78 is 12.1. The molecule has 0 saturated heterocycles. The molecular formula is C20H29ClNO3+. The van der Waals surface area contributed by atoms with Crippen molar-refractivity contribution in [1.82, 2.24) is 0 Å². The largest absolute Gasteiger partial charge is 0.492 e. The molecule has 4 nitrogen and oxygen atoms in total. The van der Waals surface area contributed by atoms with Crippen LogP contribution in [0.1, 0.15) is 38.3 Å². The maximum Gasteiger partial charge on any atom is 0.339 e. The maximum absolute atomic E-state index is 12.6. The van der Waals surface area contributed by atoms with Crippen molar-refractivity contribution in [3.05, 3.63) is 38.7 Å². The number of likely N-dealkylation sites (N-methyl/N-ethyl adjacent to an activating group) is 1. The van der Waals surface area contributed by atoms with Gasteiger partial charge in [0.15, 0.2) is 5.58 Å². The van der Waals surface area contributed by atoms with Gasteiger partial charge in [-0.15, -0.1) is 0 Å². The number of benzene rings is 1. The molecule has 0 unspecified atom stereocenters. The molecule has 5 heteroatoms. The zero-order valence-electron chi connectivity index (χ0n) is 15.9. The third-order valence-electron chi connectivity index (χ3n) is 5.25. The predicted molar refractivity (Wildman–Crippen MR) is 104 cm³/mol. The highest BCUT2D eigenvalue weighted by molar-refractivity contribution is 6.36. The molecule has 138 valence electrons. The molecule has 0 bridgehead atoms. The first kappa shape index (κ1) is 19.8. The number of fused-ring (bicyclic) bond motifs is 1. The molecule has 1 aromatic carbocycles. The van der Waals surface area contributed by atoms with Gasteiger partial charge in [-0.1, -0.05) is 18.5 Å². The lowest BCUT2D eigenvalue weighted by molar-refractivity contribution is -0.905. The van der Waals surface area contributed by atoms with Crippen molar-refractivity contribution in [2.24, 2.45) is 0 Å². The summed E-state index contributed by atoms with van der Waals surface area (Å²) in [7, 11) is 2.21. The molecule has 1 aromatic heterocycles. The van der Waals surface area contributed by atoms with Crippen molar-refractivity contribution in [2.45, 2.75) is 40.5 Å². The molecule has 2 rings (SSSR count). The standard InChI is InChI=1S/C20H29ClNO3/c1-6-13-24-17-10-9-15-14(4)16(11-12-22(5,7-2)8-3)20(23)25-19(15)18(17)21/h9-10H,6-8,11-13H2,1-5H3/q+1. The number of quaternary nitrogens is 1. The van der Waals surface area contributed by atoms with Gasteiger partial charge in [0.25, 0.3) is 0 Å². The molecule has 0 atom stereocenters. The lowest BCUT2D eigenvalue weighted by Crippen LogP contribution is -2.45. The fourth-order valence-electron chi connectivity index (χ4n) is 2.94. The van der Waals surface area contributed by atoms with Gasteiger partial charge in [-0.05, 0) is 44.9 Å². The highest BCUT2D eigenvalue weighted by atomic mass is 35.5. The molecular weight excluding hydrogens is 338 g/mol. The highest BCUT2D eigenvalue weighted by Crippen LogP contribution is 2.34. The molecule has 0 N–H and O–H groups in total. The van der Waals surface area contributed by atoms with Gasteiger partial charge < -0.3 is 13.6 Å². The Balaban J connectivity index is 2.43. The highest BCUT2D eigenvalue weighted by Gasteiger charge is 2.21. The molecule has 0 radical (unpaired) electrons. The van der Waals surface area contributed by atoms with E-state index in [1.54, 1.807) is 0 Å². The van der Waals surface area contributed by atoms with Gasteiger partial charge in [0.05, 0.1) is 33.3 Å². The van der Waals surface area contributed by atoms with E-state index in [0.717, 1.165) is 47.1 Å². The number of aryl methyl sites for hydroxylation is 1. The molecule has 25 heavy (non-hydrogen) atoms. The Morgan fingerprint density at radius 2 is 1.88 bits per heavy atom. The van der Waals surface area contributed by atoms with Crippen molar-refractivity contribution >= 4 is 22.6 Å². The Labute approximate surface area is 154 Å². The normalized spacial score (nSPS) is 11.9. The lowest BCUT2D eigenvalue weighted by Gasteiger charge is -2.32. The zero-order chi connectivity index (χ0) is 18.6. The summed E-state index contributed by atoms with van der Waals surface area (Å²) >= 11 is 6.41. The summed E-state index contributed by atoms with van der Waals surface area (Å²) in [5, 5.41) is 1.26. The third-order valence-corrected chi connectivity index (χ3v) is 5.61. The molecule has 0 spiro atoms. The van der Waals surface area contributed by atoms with Crippen LogP contribution in [0.5, 0.6) is 5.75 Å². The Bertz CT molecular complexity index is 794. The van der Waals surface area contributed by atoms with E-state index in [-0.39, 0.29) is 5.63 Å². The van der Waals surface area contributed by atoms with Crippen LogP contribution in [0.2, 0.25) is 5.02 Å². The van der Waals surface area contributed by atoms with E-state index in [4.69, 9.17) is 20.8 Å². The zero-order valence-corrected chi connectivity index (χ0v) is 16.7. The van der Waals surface area contributed by atoms with Crippen LogP contribution in [0.4, 0.5) is 0 Å². The Kier molecular flexibility index (Phi) is 6.53. The first-order chi connectivity index (χ1) is 11.9. The molecule has 2 aromatic rings. The van der Waals surface area contributed by atoms with Gasteiger partial charge in [0.1, 0.15) is 10.8 Å². The number of nitrogens with zero attached hydrogens (tertiary/aromatic N) is 1. The van der Waals surface area contributed by atoms with Gasteiger partial charge in [0.2, 0.25) is 0 Å². The predicted octanol–water partition coefficient (Wildman–Crippen LogP) is 4.57. The Morgan fingerprint density at radius 3 is 2.48 bits per heavy atom. The van der Waals surface area contributed by atoms with E-state index in [2.05, 4.69) is 20.9 Å². The molecule has 0 fully saturated rings. The van der Waals surface area contributed by atoms with Crippen LogP contribution in [-0.4, -0.2) is 37.8 Å². The summed E-state index contributed by atoms with van der Waals surface area (Å²) in [5.41, 5.74) is 1.83. The quantitative estimate of drug-likeness (QED) is 0.507. The van der Waals surface area contributed by atoms with Crippen molar-refractivity contribution in [2.75, 3.05) is 33.3 Å². The average molecular weight is 367 g/mol. The number of hydrogen-bond donors (Lipinski definition) is 0. The average Bonchev–Trinajstić information content (AvgIpc) is 2.61. The molecule has 0 amide bonds. The minimum absolute atomic E-state index is 0.293. The van der Waals surface area contributed by atoms with Crippen LogP contribution in [0.3, 0.4) is 0 Å². The molecule has 1 heterocycles. The van der Waals surface area contributed by atoms with Crippen LogP contribution in [0, 0.1) is 6.92 Å². The van der Waals surface area contributed by atoms with E-state index >= 15 is 0 Å². The summed E-state index contributed by atoms with van der Waals surface area (Å²) in [6, 6.07) is 3.79. The number of hydrogen-bond acceptors (Lipinski definition) is 3. The van der Waals surface area contributed by atoms with Gasteiger partial charge in [-0.3, -0.25) is 0 Å². The lowest BCUT2D eigenvalue weighted by atomic mass is 10.0. The fraction of sp³-hybridized carbons (Fsp3) is 0.550. The summed E-state index contributed by atoms with van der Waals surface area (Å²) in [4.78, 5) is 12.6. The molecule has 0 aliphatic rings. The second-order valence-corrected chi connectivity index (χ2v) is 7.20. The van der Waals surface area contributed by atoms with Gasteiger partial charge in [-0.2, -0.15) is 0 Å².